The van der Waals surface area contributed by atoms with E-state index in [0.29, 0.717) is 5.92 Å². The highest BCUT2D eigenvalue weighted by molar-refractivity contribution is 5.72. The second-order valence-corrected chi connectivity index (χ2v) is 4.76. The molecule has 1 aromatic rings. The molecule has 4 nitrogen and oxygen atoms in total. The van der Waals surface area contributed by atoms with Crippen molar-refractivity contribution in [3.8, 4) is 5.75 Å². The highest BCUT2D eigenvalue weighted by atomic mass is 16.7. The molecule has 0 unspecified atom stereocenters. The molecule has 0 heterocycles. The molecule has 0 amide bonds. The molecule has 0 atom stereocenters. The second-order valence-electron chi connectivity index (χ2n) is 4.76. The summed E-state index contributed by atoms with van der Waals surface area (Å²) in [5, 5.41) is 0. The summed E-state index contributed by atoms with van der Waals surface area (Å²) in [6.45, 7) is 0. The molecule has 2 rings (SSSR count). The van der Waals surface area contributed by atoms with Gasteiger partial charge in [0.05, 0.1) is 13.0 Å². The maximum atomic E-state index is 11.3. The van der Waals surface area contributed by atoms with Gasteiger partial charge in [-0.15, -0.1) is 0 Å². The van der Waals surface area contributed by atoms with Crippen molar-refractivity contribution in [2.24, 2.45) is 11.8 Å². The lowest BCUT2D eigenvalue weighted by Gasteiger charge is -2.27. The number of methoxy groups -OCH3 is 1. The largest absolute Gasteiger partial charge is 0.497 e. The first-order valence-electron chi connectivity index (χ1n) is 6.29. The number of ether oxygens (including phenoxy) is 1. The first kappa shape index (κ1) is 12.9. The molecule has 1 saturated carbocycles. The Morgan fingerprint density at radius 3 is 2.28 bits per heavy atom. The topological polar surface area (TPSA) is 61.5 Å². The third kappa shape index (κ3) is 2.82. The molecule has 0 saturated heterocycles. The number of hydrogen-bond donors (Lipinski definition) is 1. The third-order valence-electron chi connectivity index (χ3n) is 3.76. The molecule has 1 aliphatic carbocycles. The van der Waals surface area contributed by atoms with Crippen LogP contribution < -0.4 is 10.6 Å². The third-order valence-corrected chi connectivity index (χ3v) is 3.76. The molecule has 0 radical (unpaired) electrons. The average Bonchev–Trinajstić information content (AvgIpc) is 2.47. The molecule has 0 spiro atoms. The monoisotopic (exact) mass is 249 g/mol. The van der Waals surface area contributed by atoms with Crippen LogP contribution in [0, 0.1) is 5.92 Å². The Morgan fingerprint density at radius 2 is 1.78 bits per heavy atom. The number of nitrogens with two attached hydrogens (primary N) is 1. The minimum atomic E-state index is -0.275. The van der Waals surface area contributed by atoms with Gasteiger partial charge in [-0.3, -0.25) is 4.79 Å². The van der Waals surface area contributed by atoms with Crippen LogP contribution in [0.5, 0.6) is 5.75 Å². The zero-order valence-corrected chi connectivity index (χ0v) is 10.6. The highest BCUT2D eigenvalue weighted by Crippen LogP contribution is 2.36. The van der Waals surface area contributed by atoms with Crippen molar-refractivity contribution in [3.05, 3.63) is 29.8 Å². The van der Waals surface area contributed by atoms with Crippen LogP contribution in [0.4, 0.5) is 0 Å². The normalized spacial score (nSPS) is 23.4. The van der Waals surface area contributed by atoms with Crippen LogP contribution in [0.3, 0.4) is 0 Å². The van der Waals surface area contributed by atoms with Gasteiger partial charge in [-0.1, -0.05) is 12.1 Å². The lowest BCUT2D eigenvalue weighted by atomic mass is 9.79. The van der Waals surface area contributed by atoms with Crippen molar-refractivity contribution >= 4 is 5.97 Å². The molecule has 0 aliphatic heterocycles. The Labute approximate surface area is 107 Å². The van der Waals surface area contributed by atoms with Crippen molar-refractivity contribution in [2.75, 3.05) is 7.11 Å². The Morgan fingerprint density at radius 1 is 1.17 bits per heavy atom. The van der Waals surface area contributed by atoms with E-state index in [0.717, 1.165) is 31.4 Å². The second kappa shape index (κ2) is 5.87. The van der Waals surface area contributed by atoms with E-state index in [-0.39, 0.29) is 11.9 Å². The molecular formula is C14H19NO3. The van der Waals surface area contributed by atoms with Gasteiger partial charge in [0.25, 0.3) is 0 Å². The molecule has 18 heavy (non-hydrogen) atoms. The van der Waals surface area contributed by atoms with Gasteiger partial charge in [0.1, 0.15) is 5.75 Å². The summed E-state index contributed by atoms with van der Waals surface area (Å²) in [6, 6.07) is 8.17. The molecule has 0 aromatic heterocycles. The molecule has 0 bridgehead atoms. The van der Waals surface area contributed by atoms with Crippen molar-refractivity contribution in [1.29, 1.82) is 0 Å². The van der Waals surface area contributed by atoms with E-state index in [4.69, 9.17) is 10.6 Å². The van der Waals surface area contributed by atoms with Crippen LogP contribution in [0.15, 0.2) is 24.3 Å². The Bertz CT molecular complexity index is 394. The molecule has 1 aromatic carbocycles. The van der Waals surface area contributed by atoms with Crippen molar-refractivity contribution in [2.45, 2.75) is 31.6 Å². The van der Waals surface area contributed by atoms with Crippen molar-refractivity contribution in [1.82, 2.24) is 0 Å². The van der Waals surface area contributed by atoms with Crippen LogP contribution in [0.1, 0.15) is 37.2 Å². The zero-order chi connectivity index (χ0) is 13.0. The van der Waals surface area contributed by atoms with Crippen LogP contribution in [0.2, 0.25) is 0 Å². The summed E-state index contributed by atoms with van der Waals surface area (Å²) < 4.78 is 5.14. The van der Waals surface area contributed by atoms with E-state index in [2.05, 4.69) is 17.0 Å². The van der Waals surface area contributed by atoms with E-state index in [1.54, 1.807) is 7.11 Å². The average molecular weight is 249 g/mol. The molecule has 4 heteroatoms. The standard InChI is InChI=1S/C14H19NO3/c1-17-13-8-6-11(7-9-13)10-2-4-12(5-3-10)14(16)18-15/h6-10,12H,2-5,15H2,1H3. The van der Waals surface area contributed by atoms with Gasteiger partial charge in [0.2, 0.25) is 0 Å². The summed E-state index contributed by atoms with van der Waals surface area (Å²) in [7, 11) is 1.67. The maximum absolute atomic E-state index is 11.3. The highest BCUT2D eigenvalue weighted by Gasteiger charge is 2.27. The van der Waals surface area contributed by atoms with E-state index < -0.39 is 0 Å². The van der Waals surface area contributed by atoms with Crippen LogP contribution in [-0.2, 0) is 9.63 Å². The molecule has 1 aliphatic rings. The van der Waals surface area contributed by atoms with Crippen molar-refractivity contribution in [3.63, 3.8) is 0 Å². The zero-order valence-electron chi connectivity index (χ0n) is 10.6. The van der Waals surface area contributed by atoms with Crippen LogP contribution in [0.25, 0.3) is 0 Å². The van der Waals surface area contributed by atoms with E-state index in [9.17, 15) is 4.79 Å². The fourth-order valence-corrected chi connectivity index (χ4v) is 2.63. The Balaban J connectivity index is 1.94. The SMILES string of the molecule is COc1ccc(C2CCC(C(=O)ON)CC2)cc1. The van der Waals surface area contributed by atoms with Crippen LogP contribution >= 0.6 is 0 Å². The maximum Gasteiger partial charge on any atom is 0.327 e. The fourth-order valence-electron chi connectivity index (χ4n) is 2.63. The number of carbonyl (C=O) groups excluding carboxylic acids is 1. The lowest BCUT2D eigenvalue weighted by Crippen LogP contribution is -2.25. The number of rotatable bonds is 3. The number of carbonyl (C=O) groups is 1. The summed E-state index contributed by atoms with van der Waals surface area (Å²) in [5.74, 6) is 6.02. The number of hydrogen-bond acceptors (Lipinski definition) is 4. The van der Waals surface area contributed by atoms with Gasteiger partial charge in [-0.25, -0.2) is 0 Å². The van der Waals surface area contributed by atoms with Gasteiger partial charge in [-0.05, 0) is 49.3 Å². The van der Waals surface area contributed by atoms with E-state index >= 15 is 0 Å². The molecule has 98 valence electrons. The molecular weight excluding hydrogens is 230 g/mol. The summed E-state index contributed by atoms with van der Waals surface area (Å²) in [6.07, 6.45) is 3.72. The molecule has 1 fully saturated rings. The molecule has 2 N–H and O–H groups in total. The minimum absolute atomic E-state index is 0.0236. The lowest BCUT2D eigenvalue weighted by molar-refractivity contribution is -0.150. The van der Waals surface area contributed by atoms with Gasteiger partial charge in [0.15, 0.2) is 0 Å². The van der Waals surface area contributed by atoms with Gasteiger partial charge in [-0.2, -0.15) is 5.90 Å². The quantitative estimate of drug-likeness (QED) is 0.835. The van der Waals surface area contributed by atoms with Gasteiger partial charge < -0.3 is 9.57 Å². The number of benzene rings is 1. The van der Waals surface area contributed by atoms with Gasteiger partial charge >= 0.3 is 5.97 Å². The summed E-state index contributed by atoms with van der Waals surface area (Å²) in [5.41, 5.74) is 1.32. The first-order chi connectivity index (χ1) is 8.74. The van der Waals surface area contributed by atoms with Crippen molar-refractivity contribution < 1.29 is 14.4 Å². The Kier molecular flexibility index (Phi) is 4.20. The fraction of sp³-hybridized carbons (Fsp3) is 0.500. The predicted octanol–water partition coefficient (Wildman–Crippen LogP) is 2.39. The Hall–Kier alpha value is -1.55. The van der Waals surface area contributed by atoms with Crippen LogP contribution in [-0.4, -0.2) is 13.1 Å². The van der Waals surface area contributed by atoms with Gasteiger partial charge in [0, 0.05) is 0 Å². The first-order valence-corrected chi connectivity index (χ1v) is 6.29. The summed E-state index contributed by atoms with van der Waals surface area (Å²) in [4.78, 5) is 15.6. The smallest absolute Gasteiger partial charge is 0.327 e. The minimum Gasteiger partial charge on any atom is -0.497 e. The van der Waals surface area contributed by atoms with E-state index in [1.807, 2.05) is 12.1 Å². The summed E-state index contributed by atoms with van der Waals surface area (Å²) >= 11 is 0. The predicted molar refractivity (Wildman–Crippen MR) is 68.0 cm³/mol. The van der Waals surface area contributed by atoms with E-state index in [1.165, 1.54) is 5.56 Å².